The standard InChI is InChI=1S/C19H19FO2Si/c1-23(2,3)19(21)17-14-16(20)11-12-18(17)22-13-7-10-15-8-5-4-6-9-15/h4-6,8-9,11-12,14H,13H2,1-3H3. The molecule has 0 saturated heterocycles. The molecule has 2 rings (SSSR count). The van der Waals surface area contributed by atoms with Crippen molar-refractivity contribution in [3.05, 3.63) is 65.5 Å². The molecule has 0 atom stereocenters. The van der Waals surface area contributed by atoms with E-state index >= 15 is 0 Å². The first-order valence-corrected chi connectivity index (χ1v) is 10.9. The molecule has 0 heterocycles. The zero-order valence-corrected chi connectivity index (χ0v) is 14.5. The molecule has 0 aliphatic carbocycles. The Balaban J connectivity index is 2.15. The van der Waals surface area contributed by atoms with Crippen molar-refractivity contribution in [3.63, 3.8) is 0 Å². The summed E-state index contributed by atoms with van der Waals surface area (Å²) in [7, 11) is -2.08. The maximum atomic E-state index is 13.5. The molecule has 0 spiro atoms. The summed E-state index contributed by atoms with van der Waals surface area (Å²) in [6.07, 6.45) is 0. The van der Waals surface area contributed by atoms with Gasteiger partial charge in [0.15, 0.2) is 0 Å². The predicted octanol–water partition coefficient (Wildman–Crippen LogP) is 4.32. The van der Waals surface area contributed by atoms with E-state index in [-0.39, 0.29) is 12.0 Å². The van der Waals surface area contributed by atoms with Crippen LogP contribution in [0.25, 0.3) is 0 Å². The molecule has 0 aliphatic heterocycles. The first-order chi connectivity index (χ1) is 10.9. The summed E-state index contributed by atoms with van der Waals surface area (Å²) in [5.74, 6) is 5.84. The van der Waals surface area contributed by atoms with Crippen molar-refractivity contribution < 1.29 is 13.9 Å². The Kier molecular flexibility index (Phi) is 5.35. The molecular weight excluding hydrogens is 307 g/mol. The van der Waals surface area contributed by atoms with Crippen LogP contribution in [-0.4, -0.2) is 20.1 Å². The van der Waals surface area contributed by atoms with Crippen molar-refractivity contribution in [2.75, 3.05) is 6.61 Å². The van der Waals surface area contributed by atoms with Crippen LogP contribution in [0.4, 0.5) is 4.39 Å². The lowest BCUT2D eigenvalue weighted by Crippen LogP contribution is -2.33. The van der Waals surface area contributed by atoms with Gasteiger partial charge in [0.05, 0.1) is 5.56 Å². The third kappa shape index (κ3) is 4.80. The van der Waals surface area contributed by atoms with Gasteiger partial charge < -0.3 is 4.74 Å². The molecule has 0 unspecified atom stereocenters. The van der Waals surface area contributed by atoms with Gasteiger partial charge >= 0.3 is 0 Å². The Bertz CT molecular complexity index is 752. The lowest BCUT2D eigenvalue weighted by atomic mass is 10.2. The van der Waals surface area contributed by atoms with Gasteiger partial charge in [-0.3, -0.25) is 4.79 Å². The molecule has 0 radical (unpaired) electrons. The average Bonchev–Trinajstić information content (AvgIpc) is 2.52. The van der Waals surface area contributed by atoms with Crippen LogP contribution in [0.5, 0.6) is 5.75 Å². The van der Waals surface area contributed by atoms with E-state index in [4.69, 9.17) is 4.74 Å². The van der Waals surface area contributed by atoms with E-state index in [1.807, 2.05) is 50.0 Å². The summed E-state index contributed by atoms with van der Waals surface area (Å²) >= 11 is 0. The minimum absolute atomic E-state index is 0.0250. The van der Waals surface area contributed by atoms with Crippen molar-refractivity contribution in [1.29, 1.82) is 0 Å². The van der Waals surface area contributed by atoms with Gasteiger partial charge in [0.2, 0.25) is 0 Å². The molecule has 0 aromatic heterocycles. The molecule has 2 aromatic rings. The molecule has 0 bridgehead atoms. The topological polar surface area (TPSA) is 26.3 Å². The van der Waals surface area contributed by atoms with Crippen molar-refractivity contribution in [1.82, 2.24) is 0 Å². The SMILES string of the molecule is C[Si](C)(C)C(=O)c1cc(F)ccc1OCC#Cc1ccccc1. The summed E-state index contributed by atoms with van der Waals surface area (Å²) in [5, 5.41) is -0.0250. The molecule has 23 heavy (non-hydrogen) atoms. The second-order valence-electron chi connectivity index (χ2n) is 6.18. The number of ether oxygens (including phenoxy) is 1. The molecule has 0 amide bonds. The van der Waals surface area contributed by atoms with Crippen molar-refractivity contribution >= 4 is 13.5 Å². The van der Waals surface area contributed by atoms with Gasteiger partial charge in [-0.15, -0.1) is 0 Å². The van der Waals surface area contributed by atoms with E-state index in [0.717, 1.165) is 5.56 Å². The fourth-order valence-corrected chi connectivity index (χ4v) is 2.99. The van der Waals surface area contributed by atoms with Crippen molar-refractivity contribution in [2.45, 2.75) is 19.6 Å². The summed E-state index contributed by atoms with van der Waals surface area (Å²) < 4.78 is 19.1. The van der Waals surface area contributed by atoms with Gasteiger partial charge in [0.25, 0.3) is 0 Å². The highest BCUT2D eigenvalue weighted by Crippen LogP contribution is 2.24. The van der Waals surface area contributed by atoms with E-state index in [9.17, 15) is 9.18 Å². The summed E-state index contributed by atoms with van der Waals surface area (Å²) in [5.41, 5.74) is 1.21. The highest BCUT2D eigenvalue weighted by Gasteiger charge is 2.28. The van der Waals surface area contributed by atoms with Crippen LogP contribution in [0.15, 0.2) is 48.5 Å². The lowest BCUT2D eigenvalue weighted by molar-refractivity contribution is 0.106. The normalized spacial score (nSPS) is 10.6. The van der Waals surface area contributed by atoms with Crippen LogP contribution in [0.1, 0.15) is 15.9 Å². The Morgan fingerprint density at radius 1 is 1.13 bits per heavy atom. The third-order valence-electron chi connectivity index (χ3n) is 3.17. The number of rotatable bonds is 4. The number of hydrogen-bond donors (Lipinski definition) is 0. The third-order valence-corrected chi connectivity index (χ3v) is 4.81. The quantitative estimate of drug-likeness (QED) is 0.618. The Labute approximate surface area is 137 Å². The van der Waals surface area contributed by atoms with Crippen LogP contribution in [0, 0.1) is 17.7 Å². The molecule has 0 aliphatic rings. The van der Waals surface area contributed by atoms with Gasteiger partial charge in [-0.25, -0.2) is 4.39 Å². The van der Waals surface area contributed by atoms with E-state index in [1.54, 1.807) is 0 Å². The van der Waals surface area contributed by atoms with Gasteiger partial charge in [0, 0.05) is 5.56 Å². The Morgan fingerprint density at radius 3 is 2.48 bits per heavy atom. The Morgan fingerprint density at radius 2 is 1.83 bits per heavy atom. The van der Waals surface area contributed by atoms with Crippen LogP contribution < -0.4 is 4.74 Å². The largest absolute Gasteiger partial charge is 0.480 e. The molecule has 0 N–H and O–H groups in total. The minimum atomic E-state index is -2.08. The minimum Gasteiger partial charge on any atom is -0.480 e. The average molecular weight is 326 g/mol. The number of carbonyl (C=O) groups is 1. The second kappa shape index (κ2) is 7.25. The maximum Gasteiger partial charge on any atom is 0.149 e. The predicted molar refractivity (Wildman–Crippen MR) is 92.9 cm³/mol. The molecule has 4 heteroatoms. The highest BCUT2D eigenvalue weighted by molar-refractivity contribution is 7.05. The van der Waals surface area contributed by atoms with Crippen molar-refractivity contribution in [2.24, 2.45) is 0 Å². The fraction of sp³-hybridized carbons (Fsp3) is 0.211. The van der Waals surface area contributed by atoms with E-state index < -0.39 is 13.9 Å². The van der Waals surface area contributed by atoms with Crippen LogP contribution >= 0.6 is 0 Å². The monoisotopic (exact) mass is 326 g/mol. The number of hydrogen-bond acceptors (Lipinski definition) is 2. The van der Waals surface area contributed by atoms with E-state index in [1.165, 1.54) is 18.2 Å². The smallest absolute Gasteiger partial charge is 0.149 e. The lowest BCUT2D eigenvalue weighted by Gasteiger charge is -2.17. The zero-order valence-electron chi connectivity index (χ0n) is 13.5. The molecule has 2 nitrogen and oxygen atoms in total. The number of carbonyl (C=O) groups excluding carboxylic acids is 1. The molecule has 0 fully saturated rings. The summed E-state index contributed by atoms with van der Waals surface area (Å²) in [4.78, 5) is 12.5. The highest BCUT2D eigenvalue weighted by atomic mass is 28.3. The van der Waals surface area contributed by atoms with Gasteiger partial charge in [-0.2, -0.15) is 0 Å². The summed E-state index contributed by atoms with van der Waals surface area (Å²) in [6, 6.07) is 13.6. The molecular formula is C19H19FO2Si. The number of benzene rings is 2. The second-order valence-corrected chi connectivity index (χ2v) is 11.1. The molecule has 2 aromatic carbocycles. The first-order valence-electron chi connectivity index (χ1n) is 7.39. The van der Waals surface area contributed by atoms with Crippen LogP contribution in [0.3, 0.4) is 0 Å². The number of halogens is 1. The van der Waals surface area contributed by atoms with Gasteiger partial charge in [-0.05, 0) is 30.3 Å². The van der Waals surface area contributed by atoms with Gasteiger partial charge in [0.1, 0.15) is 31.7 Å². The zero-order chi connectivity index (χ0) is 16.9. The molecule has 118 valence electrons. The Hall–Kier alpha value is -2.38. The first kappa shape index (κ1) is 17.0. The van der Waals surface area contributed by atoms with Gasteiger partial charge in [-0.1, -0.05) is 49.7 Å². The van der Waals surface area contributed by atoms with Crippen molar-refractivity contribution in [3.8, 4) is 17.6 Å². The van der Waals surface area contributed by atoms with E-state index in [2.05, 4.69) is 11.8 Å². The fourth-order valence-electron chi connectivity index (χ4n) is 1.98. The van der Waals surface area contributed by atoms with Crippen LogP contribution in [-0.2, 0) is 0 Å². The van der Waals surface area contributed by atoms with Crippen LogP contribution in [0.2, 0.25) is 19.6 Å². The molecule has 0 saturated carbocycles. The van der Waals surface area contributed by atoms with E-state index in [0.29, 0.717) is 11.3 Å². The summed E-state index contributed by atoms with van der Waals surface area (Å²) in [6.45, 7) is 5.93. The maximum absolute atomic E-state index is 13.5.